The number of alkyl halides is 5. The molecule has 0 aliphatic carbocycles. The Morgan fingerprint density at radius 1 is 1.38 bits per heavy atom. The summed E-state index contributed by atoms with van der Waals surface area (Å²) in [5, 5.41) is 8.70. The fourth-order valence-electron chi connectivity index (χ4n) is 1.12. The second kappa shape index (κ2) is 4.78. The molecular weight excluding hydrogens is 348 g/mol. The highest BCUT2D eigenvalue weighted by Crippen LogP contribution is 2.38. The van der Waals surface area contributed by atoms with Crippen molar-refractivity contribution in [2.24, 2.45) is 0 Å². The predicted molar refractivity (Wildman–Crippen MR) is 52.8 cm³/mol. The number of halogens is 6. The molecule has 0 atom stereocenters. The second-order valence-electron chi connectivity index (χ2n) is 2.81. The molecule has 1 rings (SSSR count). The highest BCUT2D eigenvalue weighted by molar-refractivity contribution is 14.1. The van der Waals surface area contributed by atoms with Crippen LogP contribution in [0.4, 0.5) is 22.0 Å². The van der Waals surface area contributed by atoms with E-state index in [9.17, 15) is 22.0 Å². The van der Waals surface area contributed by atoms with Crippen LogP contribution in [-0.2, 0) is 12.8 Å². The van der Waals surface area contributed by atoms with E-state index in [-0.39, 0.29) is 0 Å². The van der Waals surface area contributed by atoms with E-state index in [1.54, 1.807) is 0 Å². The topological polar surface area (TPSA) is 33.1 Å². The van der Waals surface area contributed by atoms with Crippen molar-refractivity contribution in [3.8, 4) is 0 Å². The minimum Gasteiger partial charge on any atom is -0.392 e. The van der Waals surface area contributed by atoms with E-state index in [0.717, 1.165) is 22.6 Å². The van der Waals surface area contributed by atoms with Crippen molar-refractivity contribution in [2.75, 3.05) is 0 Å². The highest BCUT2D eigenvalue weighted by Gasteiger charge is 2.38. The number of aromatic nitrogens is 1. The first-order valence-electron chi connectivity index (χ1n) is 3.92. The number of rotatable bonds is 2. The average molecular weight is 353 g/mol. The highest BCUT2D eigenvalue weighted by atomic mass is 127. The molecule has 90 valence electrons. The molecule has 0 saturated heterocycles. The molecule has 0 radical (unpaired) electrons. The Bertz CT molecular complexity index is 393. The van der Waals surface area contributed by atoms with Gasteiger partial charge in [0.1, 0.15) is 5.69 Å². The van der Waals surface area contributed by atoms with Crippen LogP contribution in [0.2, 0.25) is 0 Å². The van der Waals surface area contributed by atoms with Crippen LogP contribution in [0.5, 0.6) is 0 Å². The molecule has 0 aliphatic rings. The lowest BCUT2D eigenvalue weighted by Crippen LogP contribution is -2.15. The van der Waals surface area contributed by atoms with Gasteiger partial charge in [0.25, 0.3) is 6.43 Å². The van der Waals surface area contributed by atoms with Crippen LogP contribution < -0.4 is 0 Å². The van der Waals surface area contributed by atoms with Crippen LogP contribution in [0.1, 0.15) is 23.2 Å². The minimum absolute atomic E-state index is 0.513. The van der Waals surface area contributed by atoms with Gasteiger partial charge in [-0.1, -0.05) is 0 Å². The molecular formula is C8H5F5INO. The first-order chi connectivity index (χ1) is 7.29. The summed E-state index contributed by atoms with van der Waals surface area (Å²) in [5.41, 5.74) is -2.69. The molecule has 1 aromatic heterocycles. The summed E-state index contributed by atoms with van der Waals surface area (Å²) in [6.45, 7) is -0.901. The SMILES string of the molecule is OCc1cnc(C(F)F)c(I)c1C(F)(F)F. The number of aliphatic hydroxyl groups is 1. The summed E-state index contributed by atoms with van der Waals surface area (Å²) in [5.74, 6) is 0. The normalized spacial score (nSPS) is 12.2. The maximum atomic E-state index is 12.6. The Balaban J connectivity index is 3.47. The molecule has 0 saturated carbocycles. The number of hydrogen-bond acceptors (Lipinski definition) is 2. The zero-order valence-corrected chi connectivity index (χ0v) is 9.68. The lowest BCUT2D eigenvalue weighted by Gasteiger charge is -2.15. The third kappa shape index (κ3) is 2.59. The lowest BCUT2D eigenvalue weighted by atomic mass is 10.1. The lowest BCUT2D eigenvalue weighted by molar-refractivity contribution is -0.139. The van der Waals surface area contributed by atoms with Gasteiger partial charge in [-0.2, -0.15) is 13.2 Å². The van der Waals surface area contributed by atoms with Crippen molar-refractivity contribution in [1.82, 2.24) is 4.98 Å². The first-order valence-corrected chi connectivity index (χ1v) is 5.00. The molecule has 0 fully saturated rings. The van der Waals surface area contributed by atoms with Gasteiger partial charge in [-0.3, -0.25) is 4.98 Å². The van der Waals surface area contributed by atoms with Gasteiger partial charge in [0.15, 0.2) is 0 Å². The van der Waals surface area contributed by atoms with Gasteiger partial charge in [0, 0.05) is 11.8 Å². The quantitative estimate of drug-likeness (QED) is 0.655. The molecule has 0 aromatic carbocycles. The van der Waals surface area contributed by atoms with Crippen molar-refractivity contribution in [1.29, 1.82) is 0 Å². The number of pyridine rings is 1. The average Bonchev–Trinajstić information content (AvgIpc) is 2.14. The molecule has 8 heteroatoms. The van der Waals surface area contributed by atoms with Crippen LogP contribution in [0.25, 0.3) is 0 Å². The molecule has 0 spiro atoms. The summed E-state index contributed by atoms with van der Waals surface area (Å²) in [4.78, 5) is 3.21. The van der Waals surface area contributed by atoms with E-state index in [1.807, 2.05) is 0 Å². The van der Waals surface area contributed by atoms with Gasteiger partial charge in [0.05, 0.1) is 15.7 Å². The van der Waals surface area contributed by atoms with E-state index in [4.69, 9.17) is 5.11 Å². The molecule has 2 nitrogen and oxygen atoms in total. The third-order valence-electron chi connectivity index (χ3n) is 1.79. The van der Waals surface area contributed by atoms with Crippen molar-refractivity contribution in [2.45, 2.75) is 19.2 Å². The van der Waals surface area contributed by atoms with Crippen molar-refractivity contribution in [3.63, 3.8) is 0 Å². The molecule has 0 bridgehead atoms. The molecule has 16 heavy (non-hydrogen) atoms. The van der Waals surface area contributed by atoms with Crippen LogP contribution in [0, 0.1) is 3.57 Å². The van der Waals surface area contributed by atoms with Gasteiger partial charge < -0.3 is 5.11 Å². The second-order valence-corrected chi connectivity index (χ2v) is 3.89. The van der Waals surface area contributed by atoms with E-state index >= 15 is 0 Å². The largest absolute Gasteiger partial charge is 0.417 e. The first kappa shape index (κ1) is 13.6. The van der Waals surface area contributed by atoms with Gasteiger partial charge in [0.2, 0.25) is 0 Å². The van der Waals surface area contributed by atoms with E-state index in [1.165, 1.54) is 0 Å². The van der Waals surface area contributed by atoms with E-state index < -0.39 is 39.6 Å². The predicted octanol–water partition coefficient (Wildman–Crippen LogP) is 3.13. The smallest absolute Gasteiger partial charge is 0.392 e. The number of aliphatic hydroxyl groups excluding tert-OH is 1. The molecule has 0 aliphatic heterocycles. The van der Waals surface area contributed by atoms with E-state index in [2.05, 4.69) is 4.98 Å². The fourth-order valence-corrected chi connectivity index (χ4v) is 2.14. The van der Waals surface area contributed by atoms with Gasteiger partial charge >= 0.3 is 6.18 Å². The van der Waals surface area contributed by atoms with Crippen LogP contribution in [0.15, 0.2) is 6.20 Å². The molecule has 1 N–H and O–H groups in total. The van der Waals surface area contributed by atoms with Gasteiger partial charge in [-0.05, 0) is 22.6 Å². The zero-order valence-electron chi connectivity index (χ0n) is 7.52. The number of nitrogens with zero attached hydrogens (tertiary/aromatic N) is 1. The standard InChI is InChI=1S/C8H5F5INO/c9-7(10)6-5(14)4(8(11,12)13)3(2-16)1-15-6/h1,7,16H,2H2. The van der Waals surface area contributed by atoms with Crippen LogP contribution >= 0.6 is 22.6 Å². The summed E-state index contributed by atoms with van der Waals surface area (Å²) >= 11 is 1.16. The molecule has 0 unspecified atom stereocenters. The summed E-state index contributed by atoms with van der Waals surface area (Å²) < 4.78 is 61.6. The number of hydrogen-bond donors (Lipinski definition) is 1. The van der Waals surface area contributed by atoms with E-state index in [0.29, 0.717) is 6.20 Å². The zero-order chi connectivity index (χ0) is 12.5. The third-order valence-corrected chi connectivity index (χ3v) is 2.88. The van der Waals surface area contributed by atoms with Gasteiger partial charge in [-0.15, -0.1) is 0 Å². The molecule has 0 amide bonds. The fraction of sp³-hybridized carbons (Fsp3) is 0.375. The van der Waals surface area contributed by atoms with Gasteiger partial charge in [-0.25, -0.2) is 8.78 Å². The minimum atomic E-state index is -4.79. The Labute approximate surface area is 101 Å². The Morgan fingerprint density at radius 3 is 2.31 bits per heavy atom. The summed E-state index contributed by atoms with van der Waals surface area (Å²) in [6.07, 6.45) is -7.26. The van der Waals surface area contributed by atoms with Crippen molar-refractivity contribution >= 4 is 22.6 Å². The maximum absolute atomic E-state index is 12.6. The summed E-state index contributed by atoms with van der Waals surface area (Å²) in [6, 6.07) is 0. The Hall–Kier alpha value is -0.510. The maximum Gasteiger partial charge on any atom is 0.417 e. The Kier molecular flexibility index (Phi) is 4.05. The molecule has 1 aromatic rings. The Morgan fingerprint density at radius 2 is 1.94 bits per heavy atom. The monoisotopic (exact) mass is 353 g/mol. The van der Waals surface area contributed by atoms with Crippen molar-refractivity contribution < 1.29 is 27.1 Å². The van der Waals surface area contributed by atoms with Crippen LogP contribution in [0.3, 0.4) is 0 Å². The summed E-state index contributed by atoms with van der Waals surface area (Å²) in [7, 11) is 0. The van der Waals surface area contributed by atoms with Crippen LogP contribution in [-0.4, -0.2) is 10.1 Å². The van der Waals surface area contributed by atoms with Crippen molar-refractivity contribution in [3.05, 3.63) is 26.6 Å². The molecule has 1 heterocycles.